The molecule has 0 spiro atoms. The van der Waals surface area contributed by atoms with Crippen LogP contribution in [0.15, 0.2) is 17.0 Å². The maximum absolute atomic E-state index is 13.7. The van der Waals surface area contributed by atoms with Crippen molar-refractivity contribution in [1.29, 1.82) is 0 Å². The van der Waals surface area contributed by atoms with Crippen LogP contribution in [-0.2, 0) is 10.0 Å². The molecule has 19 heavy (non-hydrogen) atoms. The number of nitrogens with two attached hydrogens (primary N) is 1. The number of nitrogen functional groups attached to an aromatic ring is 1. The summed E-state index contributed by atoms with van der Waals surface area (Å²) in [5.74, 6) is -2.48. The number of aliphatic hydroxyl groups is 1. The van der Waals surface area contributed by atoms with Crippen LogP contribution in [0.2, 0.25) is 0 Å². The van der Waals surface area contributed by atoms with Gasteiger partial charge in [0.15, 0.2) is 4.90 Å². The molecule has 1 aromatic rings. The summed E-state index contributed by atoms with van der Waals surface area (Å²) in [5, 5.41) is 8.84. The van der Waals surface area contributed by atoms with Crippen molar-refractivity contribution in [2.45, 2.75) is 18.2 Å². The molecule has 0 amide bonds. The predicted octanol–water partition coefficient (Wildman–Crippen LogP) is 0.940. The molecular formula is C11H16F2N2O3S. The van der Waals surface area contributed by atoms with Gasteiger partial charge in [0.2, 0.25) is 10.0 Å². The number of hydrogen-bond donors (Lipinski definition) is 2. The number of anilines is 1. The number of nitrogens with zero attached hydrogens (tertiary/aromatic N) is 1. The zero-order chi connectivity index (χ0) is 14.6. The Bertz CT molecular complexity index is 520. The highest BCUT2D eigenvalue weighted by atomic mass is 32.2. The van der Waals surface area contributed by atoms with Gasteiger partial charge in [0, 0.05) is 18.8 Å². The Kier molecular flexibility index (Phi) is 5.21. The minimum Gasteiger partial charge on any atom is -0.399 e. The molecule has 5 nitrogen and oxygen atoms in total. The van der Waals surface area contributed by atoms with Gasteiger partial charge in [-0.15, -0.1) is 0 Å². The number of aliphatic hydroxyl groups excluding tert-OH is 1. The molecule has 0 aromatic heterocycles. The van der Waals surface area contributed by atoms with E-state index in [0.29, 0.717) is 6.42 Å². The van der Waals surface area contributed by atoms with Crippen LogP contribution in [0.3, 0.4) is 0 Å². The largest absolute Gasteiger partial charge is 0.399 e. The van der Waals surface area contributed by atoms with Crippen molar-refractivity contribution in [2.75, 3.05) is 25.4 Å². The molecular weight excluding hydrogens is 278 g/mol. The summed E-state index contributed by atoms with van der Waals surface area (Å²) in [5.41, 5.74) is 5.04. The Morgan fingerprint density at radius 2 is 1.79 bits per heavy atom. The first kappa shape index (κ1) is 15.8. The molecule has 8 heteroatoms. The standard InChI is InChI=1S/C11H16F2N2O3S/c1-2-3-15(4-5-16)19(17,18)11-9(12)6-8(14)7-10(11)13/h6-7,16H,2-5,14H2,1H3. The van der Waals surface area contributed by atoms with Crippen LogP contribution in [0.1, 0.15) is 13.3 Å². The average Bonchev–Trinajstić information content (AvgIpc) is 2.26. The summed E-state index contributed by atoms with van der Waals surface area (Å²) in [6, 6.07) is 1.50. The lowest BCUT2D eigenvalue weighted by molar-refractivity contribution is 0.253. The fourth-order valence-corrected chi connectivity index (χ4v) is 3.28. The van der Waals surface area contributed by atoms with E-state index in [1.807, 2.05) is 0 Å². The molecule has 0 heterocycles. The second kappa shape index (κ2) is 6.27. The van der Waals surface area contributed by atoms with E-state index in [4.69, 9.17) is 10.8 Å². The molecule has 0 fully saturated rings. The van der Waals surface area contributed by atoms with Crippen LogP contribution >= 0.6 is 0 Å². The summed E-state index contributed by atoms with van der Waals surface area (Å²) >= 11 is 0. The summed E-state index contributed by atoms with van der Waals surface area (Å²) in [4.78, 5) is -1.04. The monoisotopic (exact) mass is 294 g/mol. The summed E-state index contributed by atoms with van der Waals surface area (Å²) in [6.45, 7) is 1.12. The molecule has 0 aliphatic heterocycles. The van der Waals surface area contributed by atoms with Crippen LogP contribution in [0.4, 0.5) is 14.5 Å². The maximum Gasteiger partial charge on any atom is 0.249 e. The lowest BCUT2D eigenvalue weighted by atomic mass is 10.3. The van der Waals surface area contributed by atoms with Gasteiger partial charge < -0.3 is 10.8 Å². The zero-order valence-corrected chi connectivity index (χ0v) is 11.3. The number of benzene rings is 1. The van der Waals surface area contributed by atoms with E-state index in [2.05, 4.69) is 0 Å². The number of hydrogen-bond acceptors (Lipinski definition) is 4. The van der Waals surface area contributed by atoms with Crippen LogP contribution in [-0.4, -0.2) is 37.5 Å². The Labute approximate surface area is 110 Å². The highest BCUT2D eigenvalue weighted by Gasteiger charge is 2.30. The molecule has 0 aliphatic carbocycles. The van der Waals surface area contributed by atoms with Crippen molar-refractivity contribution in [2.24, 2.45) is 0 Å². The molecule has 0 unspecified atom stereocenters. The van der Waals surface area contributed by atoms with Crippen molar-refractivity contribution in [3.63, 3.8) is 0 Å². The minimum absolute atomic E-state index is 0.0617. The van der Waals surface area contributed by atoms with E-state index in [1.165, 1.54) is 0 Å². The molecule has 0 saturated carbocycles. The first-order chi connectivity index (χ1) is 8.84. The Balaban J connectivity index is 3.33. The number of rotatable bonds is 6. The van der Waals surface area contributed by atoms with Gasteiger partial charge in [-0.05, 0) is 18.6 Å². The third-order valence-corrected chi connectivity index (χ3v) is 4.39. The molecule has 0 radical (unpaired) electrons. The minimum atomic E-state index is -4.34. The van der Waals surface area contributed by atoms with Crippen LogP contribution < -0.4 is 5.73 Å². The molecule has 1 rings (SSSR count). The van der Waals surface area contributed by atoms with E-state index >= 15 is 0 Å². The summed E-state index contributed by atoms with van der Waals surface area (Å²) < 4.78 is 52.5. The average molecular weight is 294 g/mol. The van der Waals surface area contributed by atoms with Crippen molar-refractivity contribution in [1.82, 2.24) is 4.31 Å². The molecule has 0 atom stereocenters. The van der Waals surface area contributed by atoms with Gasteiger partial charge in [0.1, 0.15) is 11.6 Å². The van der Waals surface area contributed by atoms with Crippen LogP contribution in [0, 0.1) is 11.6 Å². The lowest BCUT2D eigenvalue weighted by Crippen LogP contribution is -2.35. The fourth-order valence-electron chi connectivity index (χ4n) is 1.67. The first-order valence-electron chi connectivity index (χ1n) is 5.70. The third kappa shape index (κ3) is 3.40. The molecule has 0 aliphatic rings. The maximum atomic E-state index is 13.7. The third-order valence-electron chi connectivity index (χ3n) is 2.44. The SMILES string of the molecule is CCCN(CCO)S(=O)(=O)c1c(F)cc(N)cc1F. The second-order valence-electron chi connectivity index (χ2n) is 3.94. The second-order valence-corrected chi connectivity index (χ2v) is 5.82. The summed E-state index contributed by atoms with van der Waals surface area (Å²) in [7, 11) is -4.34. The van der Waals surface area contributed by atoms with E-state index < -0.39 is 33.2 Å². The summed E-state index contributed by atoms with van der Waals surface area (Å²) in [6.07, 6.45) is 0.456. The van der Waals surface area contributed by atoms with Gasteiger partial charge in [0.05, 0.1) is 6.61 Å². The number of sulfonamides is 1. The highest BCUT2D eigenvalue weighted by molar-refractivity contribution is 7.89. The topological polar surface area (TPSA) is 83.6 Å². The normalized spacial score (nSPS) is 12.1. The van der Waals surface area contributed by atoms with Crippen LogP contribution in [0.25, 0.3) is 0 Å². The van der Waals surface area contributed by atoms with Crippen molar-refractivity contribution in [3.05, 3.63) is 23.8 Å². The highest BCUT2D eigenvalue weighted by Crippen LogP contribution is 2.25. The molecule has 0 bridgehead atoms. The van der Waals surface area contributed by atoms with Crippen molar-refractivity contribution >= 4 is 15.7 Å². The van der Waals surface area contributed by atoms with Gasteiger partial charge in [0.25, 0.3) is 0 Å². The van der Waals surface area contributed by atoms with Gasteiger partial charge in [-0.3, -0.25) is 0 Å². The van der Waals surface area contributed by atoms with Crippen LogP contribution in [0.5, 0.6) is 0 Å². The Morgan fingerprint density at radius 3 is 2.21 bits per heavy atom. The quantitative estimate of drug-likeness (QED) is 0.765. The van der Waals surface area contributed by atoms with E-state index in [9.17, 15) is 17.2 Å². The first-order valence-corrected chi connectivity index (χ1v) is 7.14. The van der Waals surface area contributed by atoms with Crippen molar-refractivity contribution < 1.29 is 22.3 Å². The molecule has 3 N–H and O–H groups in total. The van der Waals surface area contributed by atoms with E-state index in [1.54, 1.807) is 6.92 Å². The van der Waals surface area contributed by atoms with E-state index in [0.717, 1.165) is 16.4 Å². The predicted molar refractivity (Wildman–Crippen MR) is 66.9 cm³/mol. The van der Waals surface area contributed by atoms with Gasteiger partial charge in [-0.1, -0.05) is 6.92 Å². The van der Waals surface area contributed by atoms with Crippen molar-refractivity contribution in [3.8, 4) is 0 Å². The van der Waals surface area contributed by atoms with Gasteiger partial charge in [-0.2, -0.15) is 4.31 Å². The Morgan fingerprint density at radius 1 is 1.26 bits per heavy atom. The van der Waals surface area contributed by atoms with E-state index in [-0.39, 0.29) is 18.8 Å². The smallest absolute Gasteiger partial charge is 0.249 e. The van der Waals surface area contributed by atoms with Gasteiger partial charge in [-0.25, -0.2) is 17.2 Å². The molecule has 108 valence electrons. The van der Waals surface area contributed by atoms with Gasteiger partial charge >= 0.3 is 0 Å². The Hall–Kier alpha value is -1.25. The molecule has 1 aromatic carbocycles. The molecule has 0 saturated heterocycles. The zero-order valence-electron chi connectivity index (χ0n) is 10.4. The lowest BCUT2D eigenvalue weighted by Gasteiger charge is -2.21. The number of halogens is 2. The fraction of sp³-hybridized carbons (Fsp3) is 0.455.